The molecule has 110 valence electrons. The largest absolute Gasteiger partial charge is 0.386 e. The van der Waals surface area contributed by atoms with Crippen LogP contribution in [-0.2, 0) is 0 Å². The number of hydrogen-bond acceptors (Lipinski definition) is 5. The number of aromatic nitrogens is 1. The highest BCUT2D eigenvalue weighted by atomic mass is 16.1. The molecule has 1 amide bonds. The Labute approximate surface area is 120 Å². The van der Waals surface area contributed by atoms with Gasteiger partial charge in [-0.15, -0.1) is 0 Å². The minimum absolute atomic E-state index is 0.0571. The highest BCUT2D eigenvalue weighted by Crippen LogP contribution is 2.12. The van der Waals surface area contributed by atoms with Crippen molar-refractivity contribution in [2.75, 3.05) is 52.6 Å². The van der Waals surface area contributed by atoms with Gasteiger partial charge in [-0.3, -0.25) is 14.7 Å². The highest BCUT2D eigenvalue weighted by molar-refractivity contribution is 5.99. The van der Waals surface area contributed by atoms with Crippen molar-refractivity contribution in [1.29, 1.82) is 0 Å². The first-order valence-electron chi connectivity index (χ1n) is 6.90. The summed E-state index contributed by atoms with van der Waals surface area (Å²) in [6.45, 7) is 3.75. The summed E-state index contributed by atoms with van der Waals surface area (Å²) >= 11 is 0. The van der Waals surface area contributed by atoms with E-state index in [4.69, 9.17) is 0 Å². The standard InChI is InChI=1S/C14H23N5O/c1-15-13-9-16-5-4-12(13)14(20)17-8-11-10-18(2)6-7-19(11)3/h4-5,9,11,15H,6-8,10H2,1-3H3,(H,17,20). The van der Waals surface area contributed by atoms with Gasteiger partial charge in [0.25, 0.3) is 5.91 Å². The zero-order valence-corrected chi connectivity index (χ0v) is 12.4. The molecule has 1 aliphatic rings. The van der Waals surface area contributed by atoms with E-state index in [1.807, 2.05) is 0 Å². The van der Waals surface area contributed by atoms with Crippen molar-refractivity contribution in [2.24, 2.45) is 0 Å². The van der Waals surface area contributed by atoms with Crippen LogP contribution in [-0.4, -0.2) is 74.1 Å². The van der Waals surface area contributed by atoms with Gasteiger partial charge in [0.15, 0.2) is 0 Å². The Morgan fingerprint density at radius 3 is 3.00 bits per heavy atom. The molecule has 1 saturated heterocycles. The first-order valence-corrected chi connectivity index (χ1v) is 6.90. The molecule has 0 radical (unpaired) electrons. The van der Waals surface area contributed by atoms with Gasteiger partial charge in [-0.05, 0) is 20.2 Å². The predicted molar refractivity (Wildman–Crippen MR) is 80.0 cm³/mol. The predicted octanol–water partition coefficient (Wildman–Crippen LogP) is 0.0989. The number of piperazine rings is 1. The van der Waals surface area contributed by atoms with E-state index in [-0.39, 0.29) is 5.91 Å². The molecule has 0 aliphatic carbocycles. The van der Waals surface area contributed by atoms with Crippen molar-refractivity contribution in [1.82, 2.24) is 20.1 Å². The molecule has 1 aliphatic heterocycles. The van der Waals surface area contributed by atoms with Gasteiger partial charge in [0.1, 0.15) is 0 Å². The average Bonchev–Trinajstić information content (AvgIpc) is 2.47. The summed E-state index contributed by atoms with van der Waals surface area (Å²) < 4.78 is 0. The number of carbonyl (C=O) groups excluding carboxylic acids is 1. The van der Waals surface area contributed by atoms with E-state index in [1.165, 1.54) is 0 Å². The third-order valence-corrected chi connectivity index (χ3v) is 3.81. The quantitative estimate of drug-likeness (QED) is 0.817. The monoisotopic (exact) mass is 277 g/mol. The lowest BCUT2D eigenvalue weighted by atomic mass is 10.1. The molecule has 2 heterocycles. The maximum Gasteiger partial charge on any atom is 0.253 e. The number of carbonyl (C=O) groups is 1. The summed E-state index contributed by atoms with van der Waals surface area (Å²) in [4.78, 5) is 20.8. The maximum atomic E-state index is 12.2. The van der Waals surface area contributed by atoms with Crippen LogP contribution in [0.15, 0.2) is 18.5 Å². The number of nitrogens with one attached hydrogen (secondary N) is 2. The minimum Gasteiger partial charge on any atom is -0.386 e. The van der Waals surface area contributed by atoms with Gasteiger partial charge in [0.2, 0.25) is 0 Å². The van der Waals surface area contributed by atoms with E-state index in [1.54, 1.807) is 25.5 Å². The van der Waals surface area contributed by atoms with Crippen molar-refractivity contribution >= 4 is 11.6 Å². The number of rotatable bonds is 4. The molecule has 0 bridgehead atoms. The van der Waals surface area contributed by atoms with Gasteiger partial charge >= 0.3 is 0 Å². The molecular formula is C14H23N5O. The molecule has 2 N–H and O–H groups in total. The second-order valence-corrected chi connectivity index (χ2v) is 5.28. The van der Waals surface area contributed by atoms with Crippen LogP contribution >= 0.6 is 0 Å². The fourth-order valence-electron chi connectivity index (χ4n) is 2.42. The third-order valence-electron chi connectivity index (χ3n) is 3.81. The molecular weight excluding hydrogens is 254 g/mol. The Hall–Kier alpha value is -1.66. The minimum atomic E-state index is -0.0571. The van der Waals surface area contributed by atoms with Crippen LogP contribution in [0, 0.1) is 0 Å². The van der Waals surface area contributed by atoms with Crippen LogP contribution in [0.25, 0.3) is 0 Å². The number of likely N-dealkylation sites (N-methyl/N-ethyl adjacent to an activating group) is 2. The third kappa shape index (κ3) is 3.46. The second-order valence-electron chi connectivity index (χ2n) is 5.28. The summed E-state index contributed by atoms with van der Waals surface area (Å²) in [6.07, 6.45) is 3.30. The lowest BCUT2D eigenvalue weighted by Gasteiger charge is -2.37. The summed E-state index contributed by atoms with van der Waals surface area (Å²) in [5, 5.41) is 6.01. The van der Waals surface area contributed by atoms with Crippen molar-refractivity contribution in [2.45, 2.75) is 6.04 Å². The zero-order chi connectivity index (χ0) is 14.5. The molecule has 1 unspecified atom stereocenters. The van der Waals surface area contributed by atoms with E-state index in [9.17, 15) is 4.79 Å². The average molecular weight is 277 g/mol. The van der Waals surface area contributed by atoms with Gasteiger partial charge in [0.05, 0.1) is 17.4 Å². The fraction of sp³-hybridized carbons (Fsp3) is 0.571. The topological polar surface area (TPSA) is 60.5 Å². The van der Waals surface area contributed by atoms with Crippen molar-refractivity contribution in [3.8, 4) is 0 Å². The molecule has 6 heteroatoms. The van der Waals surface area contributed by atoms with Crippen molar-refractivity contribution in [3.63, 3.8) is 0 Å². The summed E-state index contributed by atoms with van der Waals surface area (Å²) in [6, 6.07) is 2.09. The lowest BCUT2D eigenvalue weighted by molar-refractivity contribution is 0.0882. The lowest BCUT2D eigenvalue weighted by Crippen LogP contribution is -2.54. The fourth-order valence-corrected chi connectivity index (χ4v) is 2.42. The van der Waals surface area contributed by atoms with E-state index in [0.29, 0.717) is 18.2 Å². The van der Waals surface area contributed by atoms with Gasteiger partial charge < -0.3 is 15.5 Å². The first-order chi connectivity index (χ1) is 9.61. The first kappa shape index (κ1) is 14.7. The summed E-state index contributed by atoms with van der Waals surface area (Å²) in [7, 11) is 6.01. The molecule has 1 fully saturated rings. The van der Waals surface area contributed by atoms with Crippen LogP contribution in [0.2, 0.25) is 0 Å². The maximum absolute atomic E-state index is 12.2. The Morgan fingerprint density at radius 2 is 2.25 bits per heavy atom. The smallest absolute Gasteiger partial charge is 0.253 e. The molecule has 1 aromatic rings. The van der Waals surface area contributed by atoms with E-state index >= 15 is 0 Å². The van der Waals surface area contributed by atoms with Gasteiger partial charge in [-0.1, -0.05) is 0 Å². The Balaban J connectivity index is 1.94. The van der Waals surface area contributed by atoms with Crippen molar-refractivity contribution < 1.29 is 4.79 Å². The van der Waals surface area contributed by atoms with Gasteiger partial charge in [-0.2, -0.15) is 0 Å². The van der Waals surface area contributed by atoms with Gasteiger partial charge in [0, 0.05) is 45.5 Å². The molecule has 0 aromatic carbocycles. The molecule has 20 heavy (non-hydrogen) atoms. The SMILES string of the molecule is CNc1cnccc1C(=O)NCC1CN(C)CCN1C. The zero-order valence-electron chi connectivity index (χ0n) is 12.4. The molecule has 1 atom stereocenters. The Bertz CT molecular complexity index is 465. The normalized spacial score (nSPS) is 20.6. The number of amides is 1. The van der Waals surface area contributed by atoms with Crippen LogP contribution < -0.4 is 10.6 Å². The highest BCUT2D eigenvalue weighted by Gasteiger charge is 2.22. The molecule has 0 saturated carbocycles. The van der Waals surface area contributed by atoms with Crippen LogP contribution in [0.3, 0.4) is 0 Å². The summed E-state index contributed by atoms with van der Waals surface area (Å²) in [5.41, 5.74) is 1.38. The molecule has 1 aromatic heterocycles. The molecule has 2 rings (SSSR count). The second kappa shape index (κ2) is 6.67. The van der Waals surface area contributed by atoms with Crippen LogP contribution in [0.1, 0.15) is 10.4 Å². The molecule has 6 nitrogen and oxygen atoms in total. The van der Waals surface area contributed by atoms with Crippen LogP contribution in [0.5, 0.6) is 0 Å². The number of nitrogens with zero attached hydrogens (tertiary/aromatic N) is 3. The van der Waals surface area contributed by atoms with Crippen LogP contribution in [0.4, 0.5) is 5.69 Å². The van der Waals surface area contributed by atoms with Gasteiger partial charge in [-0.25, -0.2) is 0 Å². The summed E-state index contributed by atoms with van der Waals surface area (Å²) in [5.74, 6) is -0.0571. The van der Waals surface area contributed by atoms with E-state index in [2.05, 4.69) is 39.5 Å². The van der Waals surface area contributed by atoms with Crippen molar-refractivity contribution in [3.05, 3.63) is 24.0 Å². The van der Waals surface area contributed by atoms with E-state index < -0.39 is 0 Å². The number of pyridine rings is 1. The number of anilines is 1. The number of hydrogen-bond donors (Lipinski definition) is 2. The van der Waals surface area contributed by atoms with E-state index in [0.717, 1.165) is 25.3 Å². The molecule has 0 spiro atoms. The Kier molecular flexibility index (Phi) is 4.92. The Morgan fingerprint density at radius 1 is 1.45 bits per heavy atom.